The number of amides is 1. The number of hydrogen-bond acceptors (Lipinski definition) is 12. The molecular formula is C26H29NO11S. The van der Waals surface area contributed by atoms with E-state index in [1.165, 1.54) is 13.0 Å². The first kappa shape index (κ1) is 29.6. The van der Waals surface area contributed by atoms with E-state index in [4.69, 9.17) is 28.4 Å². The van der Waals surface area contributed by atoms with Gasteiger partial charge in [-0.1, -0.05) is 30.3 Å². The van der Waals surface area contributed by atoms with Gasteiger partial charge >= 0.3 is 23.9 Å². The SMILES string of the molecule is CC(=O)OCC1OC(Oc2ccsc2C(=O)NCc2ccccc2)C(OC(C)=O)C(OC(C)=O)C1OC(C)=O. The monoisotopic (exact) mass is 563 g/mol. The maximum Gasteiger partial charge on any atom is 0.303 e. The second-order valence-electron chi connectivity index (χ2n) is 8.47. The van der Waals surface area contributed by atoms with E-state index in [0.717, 1.165) is 37.7 Å². The van der Waals surface area contributed by atoms with Crippen molar-refractivity contribution in [1.29, 1.82) is 0 Å². The quantitative estimate of drug-likeness (QED) is 0.334. The molecule has 13 heteroatoms. The summed E-state index contributed by atoms with van der Waals surface area (Å²) in [5, 5.41) is 4.43. The molecule has 210 valence electrons. The third-order valence-corrected chi connectivity index (χ3v) is 6.22. The van der Waals surface area contributed by atoms with Crippen molar-refractivity contribution >= 4 is 41.1 Å². The second-order valence-corrected chi connectivity index (χ2v) is 9.38. The standard InChI is InChI=1S/C26H29NO11S/c1-14(28)33-13-20-21(34-15(2)29)22(35-16(3)30)23(36-17(4)31)26(38-20)37-19-10-11-39-24(19)25(32)27-12-18-8-6-5-7-9-18/h5-11,20-23,26H,12-13H2,1-4H3,(H,27,32). The molecule has 39 heavy (non-hydrogen) atoms. The zero-order valence-corrected chi connectivity index (χ0v) is 22.6. The van der Waals surface area contributed by atoms with E-state index < -0.39 is 67.1 Å². The van der Waals surface area contributed by atoms with Crippen LogP contribution in [0.25, 0.3) is 0 Å². The maximum atomic E-state index is 12.9. The lowest BCUT2D eigenvalue weighted by atomic mass is 9.98. The molecule has 5 unspecified atom stereocenters. The Morgan fingerprint density at radius 2 is 1.44 bits per heavy atom. The normalized spacial score (nSPS) is 22.2. The number of carbonyl (C=O) groups excluding carboxylic acids is 5. The summed E-state index contributed by atoms with van der Waals surface area (Å²) in [6.45, 7) is 4.43. The molecule has 1 N–H and O–H groups in total. The smallest absolute Gasteiger partial charge is 0.303 e. The van der Waals surface area contributed by atoms with E-state index in [1.54, 1.807) is 5.38 Å². The third kappa shape index (κ3) is 8.52. The first-order chi connectivity index (χ1) is 18.5. The van der Waals surface area contributed by atoms with E-state index in [1.807, 2.05) is 30.3 Å². The number of carbonyl (C=O) groups is 5. The highest BCUT2D eigenvalue weighted by atomic mass is 32.1. The number of esters is 4. The Kier molecular flexibility index (Phi) is 10.4. The molecule has 1 aliphatic rings. The molecule has 1 aromatic heterocycles. The Labute approximate surface area is 228 Å². The predicted octanol–water partition coefficient (Wildman–Crippen LogP) is 2.14. The van der Waals surface area contributed by atoms with Crippen LogP contribution >= 0.6 is 11.3 Å². The van der Waals surface area contributed by atoms with Crippen LogP contribution in [0.3, 0.4) is 0 Å². The van der Waals surface area contributed by atoms with Crippen molar-refractivity contribution < 1.29 is 52.4 Å². The van der Waals surface area contributed by atoms with Crippen molar-refractivity contribution in [3.8, 4) is 5.75 Å². The Morgan fingerprint density at radius 1 is 0.821 bits per heavy atom. The van der Waals surface area contributed by atoms with Crippen LogP contribution in [0.4, 0.5) is 0 Å². The highest BCUT2D eigenvalue weighted by molar-refractivity contribution is 7.12. The Morgan fingerprint density at radius 3 is 2.05 bits per heavy atom. The Balaban J connectivity index is 1.90. The van der Waals surface area contributed by atoms with Crippen LogP contribution in [-0.2, 0) is 49.4 Å². The summed E-state index contributed by atoms with van der Waals surface area (Å²) in [6.07, 6.45) is -6.73. The number of thiophene rings is 1. The molecule has 12 nitrogen and oxygen atoms in total. The molecule has 1 amide bonds. The van der Waals surface area contributed by atoms with Gasteiger partial charge in [-0.25, -0.2) is 0 Å². The fourth-order valence-corrected chi connectivity index (χ4v) is 4.56. The van der Waals surface area contributed by atoms with Gasteiger partial charge in [0.15, 0.2) is 12.2 Å². The van der Waals surface area contributed by atoms with Crippen LogP contribution in [-0.4, -0.2) is 67.1 Å². The van der Waals surface area contributed by atoms with Crippen molar-refractivity contribution in [3.63, 3.8) is 0 Å². The molecule has 0 saturated carbocycles. The average molecular weight is 564 g/mol. The van der Waals surface area contributed by atoms with Crippen LogP contribution in [0.15, 0.2) is 41.8 Å². The third-order valence-electron chi connectivity index (χ3n) is 5.32. The summed E-state index contributed by atoms with van der Waals surface area (Å²) in [5.41, 5.74) is 0.893. The van der Waals surface area contributed by atoms with Crippen LogP contribution in [0.1, 0.15) is 42.9 Å². The van der Waals surface area contributed by atoms with Crippen LogP contribution in [0.5, 0.6) is 5.75 Å². The molecule has 0 radical (unpaired) electrons. The van der Waals surface area contributed by atoms with Gasteiger partial charge in [-0.2, -0.15) is 0 Å². The van der Waals surface area contributed by atoms with E-state index in [9.17, 15) is 24.0 Å². The first-order valence-corrected chi connectivity index (χ1v) is 12.8. The molecular weight excluding hydrogens is 534 g/mol. The van der Waals surface area contributed by atoms with E-state index in [0.29, 0.717) is 0 Å². The lowest BCUT2D eigenvalue weighted by molar-refractivity contribution is -0.288. The summed E-state index contributed by atoms with van der Waals surface area (Å²) >= 11 is 1.11. The molecule has 1 saturated heterocycles. The molecule has 5 atom stereocenters. The van der Waals surface area contributed by atoms with Crippen molar-refractivity contribution in [2.45, 2.75) is 64.9 Å². The van der Waals surface area contributed by atoms with Crippen LogP contribution < -0.4 is 10.1 Å². The first-order valence-electron chi connectivity index (χ1n) is 11.9. The van der Waals surface area contributed by atoms with Gasteiger partial charge in [0.05, 0.1) is 0 Å². The number of benzene rings is 1. The molecule has 2 aromatic rings. The van der Waals surface area contributed by atoms with Gasteiger partial charge in [0.1, 0.15) is 23.3 Å². The summed E-state index contributed by atoms with van der Waals surface area (Å²) in [5.74, 6) is -3.23. The van der Waals surface area contributed by atoms with Gasteiger partial charge in [-0.3, -0.25) is 24.0 Å². The van der Waals surface area contributed by atoms with Gasteiger partial charge in [0, 0.05) is 34.2 Å². The van der Waals surface area contributed by atoms with E-state index in [-0.39, 0.29) is 17.2 Å². The fourth-order valence-electron chi connectivity index (χ4n) is 3.82. The lowest BCUT2D eigenvalue weighted by Gasteiger charge is -2.43. The van der Waals surface area contributed by atoms with Gasteiger partial charge in [0.25, 0.3) is 5.91 Å². The van der Waals surface area contributed by atoms with E-state index >= 15 is 0 Å². The lowest BCUT2D eigenvalue weighted by Crippen LogP contribution is -2.63. The number of hydrogen-bond donors (Lipinski definition) is 1. The minimum Gasteiger partial charge on any atom is -0.463 e. The fraction of sp³-hybridized carbons (Fsp3) is 0.423. The highest BCUT2D eigenvalue weighted by Gasteiger charge is 2.53. The summed E-state index contributed by atoms with van der Waals surface area (Å²) in [7, 11) is 0. The summed E-state index contributed by atoms with van der Waals surface area (Å²) < 4.78 is 33.1. The molecule has 3 rings (SSSR count). The molecule has 0 bridgehead atoms. The van der Waals surface area contributed by atoms with Crippen molar-refractivity contribution in [2.24, 2.45) is 0 Å². The maximum absolute atomic E-state index is 12.9. The summed E-state index contributed by atoms with van der Waals surface area (Å²) in [4.78, 5) is 60.5. The molecule has 0 spiro atoms. The number of ether oxygens (including phenoxy) is 6. The molecule has 1 aliphatic heterocycles. The highest BCUT2D eigenvalue weighted by Crippen LogP contribution is 2.33. The van der Waals surface area contributed by atoms with Crippen molar-refractivity contribution in [3.05, 3.63) is 52.2 Å². The predicted molar refractivity (Wildman–Crippen MR) is 135 cm³/mol. The molecule has 1 aromatic carbocycles. The average Bonchev–Trinajstić information content (AvgIpc) is 3.33. The van der Waals surface area contributed by atoms with Crippen molar-refractivity contribution in [1.82, 2.24) is 5.32 Å². The summed E-state index contributed by atoms with van der Waals surface area (Å²) in [6, 6.07) is 10.8. The minimum atomic E-state index is -1.44. The van der Waals surface area contributed by atoms with Gasteiger partial charge in [-0.05, 0) is 17.0 Å². The number of nitrogens with one attached hydrogen (secondary N) is 1. The van der Waals surface area contributed by atoms with Gasteiger partial charge < -0.3 is 33.7 Å². The largest absolute Gasteiger partial charge is 0.463 e. The topological polar surface area (TPSA) is 153 Å². The van der Waals surface area contributed by atoms with E-state index in [2.05, 4.69) is 5.32 Å². The zero-order chi connectivity index (χ0) is 28.5. The number of rotatable bonds is 10. The molecule has 1 fully saturated rings. The zero-order valence-electron chi connectivity index (χ0n) is 21.7. The van der Waals surface area contributed by atoms with Gasteiger partial charge in [0.2, 0.25) is 12.4 Å². The van der Waals surface area contributed by atoms with Gasteiger partial charge in [-0.15, -0.1) is 11.3 Å². The Hall–Kier alpha value is -3.97. The molecule has 2 heterocycles. The van der Waals surface area contributed by atoms with Crippen LogP contribution in [0, 0.1) is 0 Å². The Bertz CT molecular complexity index is 1180. The second kappa shape index (κ2) is 13.7. The minimum absolute atomic E-state index is 0.103. The van der Waals surface area contributed by atoms with Crippen LogP contribution in [0.2, 0.25) is 0 Å². The van der Waals surface area contributed by atoms with Crippen molar-refractivity contribution in [2.75, 3.05) is 6.61 Å². The molecule has 0 aliphatic carbocycles.